The van der Waals surface area contributed by atoms with Crippen LogP contribution >= 0.6 is 0 Å². The van der Waals surface area contributed by atoms with Crippen LogP contribution in [0.3, 0.4) is 0 Å². The van der Waals surface area contributed by atoms with Gasteiger partial charge in [-0.1, -0.05) is 24.3 Å². The Morgan fingerprint density at radius 3 is 2.29 bits per heavy atom. The molecule has 2 N–H and O–H groups in total. The zero-order valence-corrected chi connectivity index (χ0v) is 12.4. The number of benzene rings is 2. The van der Waals surface area contributed by atoms with Crippen LogP contribution in [0, 0.1) is 5.82 Å². The van der Waals surface area contributed by atoms with E-state index in [1.807, 2.05) is 31.3 Å². The van der Waals surface area contributed by atoms with Crippen LogP contribution in [-0.2, 0) is 6.54 Å². The topological polar surface area (TPSA) is 38.5 Å². The Hall–Kier alpha value is -1.91. The minimum absolute atomic E-state index is 0.131. The molecular weight excluding hydrogens is 267 g/mol. The zero-order chi connectivity index (χ0) is 15.2. The van der Waals surface area contributed by atoms with E-state index in [4.69, 9.17) is 10.5 Å². The Balaban J connectivity index is 1.91. The summed E-state index contributed by atoms with van der Waals surface area (Å²) >= 11 is 0. The molecule has 3 nitrogen and oxygen atoms in total. The second-order valence-electron chi connectivity index (χ2n) is 5.20. The number of hydrogen-bond acceptors (Lipinski definition) is 3. The third-order valence-corrected chi connectivity index (χ3v) is 3.42. The van der Waals surface area contributed by atoms with Crippen molar-refractivity contribution in [1.29, 1.82) is 0 Å². The van der Waals surface area contributed by atoms with Crippen molar-refractivity contribution in [1.82, 2.24) is 4.90 Å². The fraction of sp³-hybridized carbons (Fsp3) is 0.294. The maximum Gasteiger partial charge on any atom is 0.123 e. The van der Waals surface area contributed by atoms with Crippen molar-refractivity contribution in [3.8, 4) is 5.75 Å². The number of methoxy groups -OCH3 is 1. The monoisotopic (exact) mass is 288 g/mol. The number of hydrogen-bond donors (Lipinski definition) is 1. The summed E-state index contributed by atoms with van der Waals surface area (Å²) in [5, 5.41) is 0. The van der Waals surface area contributed by atoms with Crippen LogP contribution in [0.15, 0.2) is 48.5 Å². The predicted molar refractivity (Wildman–Crippen MR) is 82.7 cm³/mol. The molecule has 0 saturated heterocycles. The van der Waals surface area contributed by atoms with Crippen LogP contribution in [0.25, 0.3) is 0 Å². The van der Waals surface area contributed by atoms with E-state index in [0.29, 0.717) is 6.54 Å². The lowest BCUT2D eigenvalue weighted by molar-refractivity contribution is 0.305. The number of rotatable bonds is 6. The lowest BCUT2D eigenvalue weighted by atomic mass is 10.1. The molecule has 1 atom stereocenters. The second kappa shape index (κ2) is 7.20. The summed E-state index contributed by atoms with van der Waals surface area (Å²) in [7, 11) is 3.68. The van der Waals surface area contributed by atoms with Gasteiger partial charge in [0.2, 0.25) is 0 Å². The molecule has 2 aromatic carbocycles. The van der Waals surface area contributed by atoms with Crippen LogP contribution in [0.4, 0.5) is 4.39 Å². The molecule has 0 spiro atoms. The molecule has 0 saturated carbocycles. The minimum Gasteiger partial charge on any atom is -0.497 e. The highest BCUT2D eigenvalue weighted by Crippen LogP contribution is 2.15. The van der Waals surface area contributed by atoms with E-state index in [0.717, 1.165) is 17.9 Å². The van der Waals surface area contributed by atoms with Gasteiger partial charge in [0.25, 0.3) is 0 Å². The Morgan fingerprint density at radius 2 is 1.71 bits per heavy atom. The summed E-state index contributed by atoms with van der Waals surface area (Å²) in [4.78, 5) is 2.15. The molecule has 0 aliphatic heterocycles. The van der Waals surface area contributed by atoms with Crippen molar-refractivity contribution in [2.75, 3.05) is 20.7 Å². The van der Waals surface area contributed by atoms with Crippen LogP contribution < -0.4 is 10.5 Å². The van der Waals surface area contributed by atoms with E-state index in [-0.39, 0.29) is 11.9 Å². The van der Waals surface area contributed by atoms with Crippen molar-refractivity contribution in [2.45, 2.75) is 12.6 Å². The SMILES string of the molecule is COc1ccc(CN(C)CC(N)c2ccc(F)cc2)cc1. The maximum atomic E-state index is 12.9. The first-order valence-corrected chi connectivity index (χ1v) is 6.91. The van der Waals surface area contributed by atoms with Gasteiger partial charge < -0.3 is 15.4 Å². The predicted octanol–water partition coefficient (Wildman–Crippen LogP) is 2.97. The average molecular weight is 288 g/mol. The fourth-order valence-electron chi connectivity index (χ4n) is 2.26. The first kappa shape index (κ1) is 15.5. The molecule has 4 heteroatoms. The summed E-state index contributed by atoms with van der Waals surface area (Å²) in [6.07, 6.45) is 0. The molecule has 0 amide bonds. The highest BCUT2D eigenvalue weighted by atomic mass is 19.1. The van der Waals surface area contributed by atoms with Crippen molar-refractivity contribution in [3.05, 3.63) is 65.5 Å². The Kier molecular flexibility index (Phi) is 5.31. The molecule has 0 heterocycles. The van der Waals surface area contributed by atoms with Gasteiger partial charge in [-0.05, 0) is 42.4 Å². The summed E-state index contributed by atoms with van der Waals surface area (Å²) in [5.74, 6) is 0.613. The Bertz CT molecular complexity index is 554. The smallest absolute Gasteiger partial charge is 0.123 e. The molecule has 0 aliphatic rings. The van der Waals surface area contributed by atoms with Crippen molar-refractivity contribution in [3.63, 3.8) is 0 Å². The van der Waals surface area contributed by atoms with Crippen molar-refractivity contribution in [2.24, 2.45) is 5.73 Å². The number of nitrogens with two attached hydrogens (primary N) is 1. The molecule has 112 valence electrons. The summed E-state index contributed by atoms with van der Waals surface area (Å²) < 4.78 is 18.0. The van der Waals surface area contributed by atoms with E-state index >= 15 is 0 Å². The second-order valence-corrected chi connectivity index (χ2v) is 5.20. The van der Waals surface area contributed by atoms with Crippen LogP contribution in [-0.4, -0.2) is 25.6 Å². The van der Waals surface area contributed by atoms with Gasteiger partial charge in [-0.25, -0.2) is 4.39 Å². The highest BCUT2D eigenvalue weighted by Gasteiger charge is 2.10. The van der Waals surface area contributed by atoms with E-state index < -0.39 is 0 Å². The Labute approximate surface area is 125 Å². The normalized spacial score (nSPS) is 12.4. The molecule has 0 bridgehead atoms. The molecular formula is C17H21FN2O. The van der Waals surface area contributed by atoms with Crippen LogP contribution in [0.5, 0.6) is 5.75 Å². The average Bonchev–Trinajstić information content (AvgIpc) is 2.48. The largest absolute Gasteiger partial charge is 0.497 e. The summed E-state index contributed by atoms with van der Waals surface area (Å²) in [6.45, 7) is 1.51. The van der Waals surface area contributed by atoms with E-state index in [1.165, 1.54) is 17.7 Å². The molecule has 0 aliphatic carbocycles. The van der Waals surface area contributed by atoms with Gasteiger partial charge in [-0.3, -0.25) is 0 Å². The van der Waals surface area contributed by atoms with Gasteiger partial charge in [-0.15, -0.1) is 0 Å². The zero-order valence-electron chi connectivity index (χ0n) is 12.4. The number of ether oxygens (including phenoxy) is 1. The highest BCUT2D eigenvalue weighted by molar-refractivity contribution is 5.27. The number of likely N-dealkylation sites (N-methyl/N-ethyl adjacent to an activating group) is 1. The van der Waals surface area contributed by atoms with E-state index in [9.17, 15) is 4.39 Å². The van der Waals surface area contributed by atoms with E-state index in [2.05, 4.69) is 4.90 Å². The molecule has 2 rings (SSSR count). The van der Waals surface area contributed by atoms with Crippen LogP contribution in [0.2, 0.25) is 0 Å². The molecule has 2 aromatic rings. The lowest BCUT2D eigenvalue weighted by Crippen LogP contribution is -2.28. The van der Waals surface area contributed by atoms with E-state index in [1.54, 1.807) is 19.2 Å². The summed E-state index contributed by atoms with van der Waals surface area (Å²) in [5.41, 5.74) is 8.30. The van der Waals surface area contributed by atoms with Gasteiger partial charge in [0.05, 0.1) is 7.11 Å². The van der Waals surface area contributed by atoms with Gasteiger partial charge in [-0.2, -0.15) is 0 Å². The Morgan fingerprint density at radius 1 is 1.10 bits per heavy atom. The van der Waals surface area contributed by atoms with Crippen LogP contribution in [0.1, 0.15) is 17.2 Å². The summed E-state index contributed by atoms with van der Waals surface area (Å²) in [6, 6.07) is 14.2. The fourth-order valence-corrected chi connectivity index (χ4v) is 2.26. The van der Waals surface area contributed by atoms with Crippen molar-refractivity contribution < 1.29 is 9.13 Å². The molecule has 0 aromatic heterocycles. The molecule has 1 unspecified atom stereocenters. The molecule has 0 radical (unpaired) electrons. The van der Waals surface area contributed by atoms with Gasteiger partial charge in [0.1, 0.15) is 11.6 Å². The third kappa shape index (κ3) is 4.55. The van der Waals surface area contributed by atoms with Gasteiger partial charge in [0.15, 0.2) is 0 Å². The first-order valence-electron chi connectivity index (χ1n) is 6.91. The van der Waals surface area contributed by atoms with Gasteiger partial charge in [0, 0.05) is 19.1 Å². The standard InChI is InChI=1S/C17H21FN2O/c1-20(11-13-3-9-16(21-2)10-4-13)12-17(19)14-5-7-15(18)8-6-14/h3-10,17H,11-12,19H2,1-2H3. The first-order chi connectivity index (χ1) is 10.1. The van der Waals surface area contributed by atoms with Gasteiger partial charge >= 0.3 is 0 Å². The number of halogens is 1. The third-order valence-electron chi connectivity index (χ3n) is 3.42. The maximum absolute atomic E-state index is 12.9. The number of nitrogens with zero attached hydrogens (tertiary/aromatic N) is 1. The molecule has 0 fully saturated rings. The minimum atomic E-state index is -0.238. The molecule has 21 heavy (non-hydrogen) atoms. The quantitative estimate of drug-likeness (QED) is 0.888. The van der Waals surface area contributed by atoms with Crippen molar-refractivity contribution >= 4 is 0 Å². The lowest BCUT2D eigenvalue weighted by Gasteiger charge is -2.21.